The Morgan fingerprint density at radius 2 is 2.15 bits per heavy atom. The monoisotopic (exact) mass is 272 g/mol. The summed E-state index contributed by atoms with van der Waals surface area (Å²) in [7, 11) is 0. The second kappa shape index (κ2) is 5.57. The molecule has 2 atom stereocenters. The minimum Gasteiger partial charge on any atom is -0.342 e. The Bertz CT molecular complexity index is 467. The molecule has 0 radical (unpaired) electrons. The van der Waals surface area contributed by atoms with Crippen molar-refractivity contribution < 1.29 is 4.79 Å². The third-order valence-corrected chi connectivity index (χ3v) is 4.89. The fourth-order valence-corrected chi connectivity index (χ4v) is 3.63. The van der Waals surface area contributed by atoms with Crippen LogP contribution in [0.25, 0.3) is 0 Å². The lowest BCUT2D eigenvalue weighted by molar-refractivity contribution is -0.137. The molecule has 0 bridgehead atoms. The molecule has 2 aliphatic heterocycles. The second-order valence-electron chi connectivity index (χ2n) is 6.48. The maximum atomic E-state index is 12.6. The number of hydrogen-bond donors (Lipinski definition) is 1. The molecule has 1 N–H and O–H groups in total. The fourth-order valence-electron chi connectivity index (χ4n) is 3.63. The first kappa shape index (κ1) is 13.6. The quantitative estimate of drug-likeness (QED) is 0.895. The van der Waals surface area contributed by atoms with Crippen molar-refractivity contribution in [1.29, 1.82) is 0 Å². The summed E-state index contributed by atoms with van der Waals surface area (Å²) >= 11 is 0. The van der Waals surface area contributed by atoms with E-state index in [1.165, 1.54) is 12.0 Å². The average molecular weight is 272 g/mol. The van der Waals surface area contributed by atoms with Crippen LogP contribution >= 0.6 is 0 Å². The molecule has 0 aromatic heterocycles. The third kappa shape index (κ3) is 2.59. The molecule has 0 spiro atoms. The van der Waals surface area contributed by atoms with Crippen molar-refractivity contribution >= 4 is 5.91 Å². The lowest BCUT2D eigenvalue weighted by Gasteiger charge is -2.41. The van der Waals surface area contributed by atoms with Crippen LogP contribution in [-0.4, -0.2) is 37.0 Å². The summed E-state index contributed by atoms with van der Waals surface area (Å²) in [6.45, 7) is 5.94. The zero-order valence-corrected chi connectivity index (χ0v) is 12.3. The standard InChI is InChI=1S/C17H24N2O/c1-17(15-6-3-2-4-7-15)9-5-11-19(13-17)16(20)14-8-10-18-12-14/h2-4,6-7,14,18H,5,8-13H2,1H3. The van der Waals surface area contributed by atoms with Crippen molar-refractivity contribution in [1.82, 2.24) is 10.2 Å². The number of benzene rings is 1. The summed E-state index contributed by atoms with van der Waals surface area (Å²) < 4.78 is 0. The van der Waals surface area contributed by atoms with E-state index < -0.39 is 0 Å². The van der Waals surface area contributed by atoms with E-state index in [2.05, 4.69) is 47.5 Å². The van der Waals surface area contributed by atoms with Gasteiger partial charge in [0.1, 0.15) is 0 Å². The first-order valence-corrected chi connectivity index (χ1v) is 7.74. The molecule has 1 aromatic carbocycles. The van der Waals surface area contributed by atoms with Gasteiger partial charge in [0.2, 0.25) is 5.91 Å². The van der Waals surface area contributed by atoms with Gasteiger partial charge in [-0.25, -0.2) is 0 Å². The van der Waals surface area contributed by atoms with Crippen LogP contribution in [0.5, 0.6) is 0 Å². The van der Waals surface area contributed by atoms with Crippen molar-refractivity contribution in [3.05, 3.63) is 35.9 Å². The smallest absolute Gasteiger partial charge is 0.227 e. The summed E-state index contributed by atoms with van der Waals surface area (Å²) in [6, 6.07) is 10.7. The molecule has 3 nitrogen and oxygen atoms in total. The van der Waals surface area contributed by atoms with Gasteiger partial charge in [-0.3, -0.25) is 4.79 Å². The number of amides is 1. The lowest BCUT2D eigenvalue weighted by Crippen LogP contribution is -2.49. The van der Waals surface area contributed by atoms with E-state index in [-0.39, 0.29) is 11.3 Å². The van der Waals surface area contributed by atoms with Gasteiger partial charge in [-0.15, -0.1) is 0 Å². The number of likely N-dealkylation sites (tertiary alicyclic amines) is 1. The SMILES string of the molecule is CC1(c2ccccc2)CCCN(C(=O)C2CCNC2)C1. The van der Waals surface area contributed by atoms with Gasteiger partial charge in [-0.2, -0.15) is 0 Å². The van der Waals surface area contributed by atoms with Crippen LogP contribution in [0.3, 0.4) is 0 Å². The third-order valence-electron chi connectivity index (χ3n) is 4.89. The second-order valence-corrected chi connectivity index (χ2v) is 6.48. The molecular formula is C17H24N2O. The van der Waals surface area contributed by atoms with Crippen molar-refractivity contribution in [2.24, 2.45) is 5.92 Å². The summed E-state index contributed by atoms with van der Waals surface area (Å²) in [6.07, 6.45) is 3.28. The van der Waals surface area contributed by atoms with E-state index in [4.69, 9.17) is 0 Å². The molecule has 0 saturated carbocycles. The molecule has 2 fully saturated rings. The number of carbonyl (C=O) groups is 1. The Hall–Kier alpha value is -1.35. The van der Waals surface area contributed by atoms with Gasteiger partial charge in [0.25, 0.3) is 0 Å². The van der Waals surface area contributed by atoms with Crippen LogP contribution in [0, 0.1) is 5.92 Å². The van der Waals surface area contributed by atoms with Crippen LogP contribution in [0.1, 0.15) is 31.7 Å². The molecule has 2 aliphatic rings. The Labute approximate surface area is 121 Å². The lowest BCUT2D eigenvalue weighted by atomic mass is 9.75. The summed E-state index contributed by atoms with van der Waals surface area (Å²) in [5, 5.41) is 3.30. The summed E-state index contributed by atoms with van der Waals surface area (Å²) in [5.74, 6) is 0.560. The molecule has 3 heteroatoms. The molecule has 1 aromatic rings. The van der Waals surface area contributed by atoms with Gasteiger partial charge >= 0.3 is 0 Å². The van der Waals surface area contributed by atoms with Crippen molar-refractivity contribution in [2.45, 2.75) is 31.6 Å². The van der Waals surface area contributed by atoms with Crippen LogP contribution in [0.2, 0.25) is 0 Å². The maximum Gasteiger partial charge on any atom is 0.227 e. The van der Waals surface area contributed by atoms with E-state index in [0.717, 1.165) is 39.0 Å². The Morgan fingerprint density at radius 1 is 1.35 bits per heavy atom. The highest BCUT2D eigenvalue weighted by molar-refractivity contribution is 5.79. The van der Waals surface area contributed by atoms with Gasteiger partial charge in [0, 0.05) is 25.0 Å². The van der Waals surface area contributed by atoms with Crippen LogP contribution < -0.4 is 5.32 Å². The maximum absolute atomic E-state index is 12.6. The minimum atomic E-state index is 0.112. The van der Waals surface area contributed by atoms with E-state index in [1.807, 2.05) is 0 Å². The Morgan fingerprint density at radius 3 is 2.85 bits per heavy atom. The van der Waals surface area contributed by atoms with E-state index in [1.54, 1.807) is 0 Å². The van der Waals surface area contributed by atoms with Gasteiger partial charge in [-0.05, 0) is 31.4 Å². The van der Waals surface area contributed by atoms with Gasteiger partial charge in [-0.1, -0.05) is 37.3 Å². The van der Waals surface area contributed by atoms with Gasteiger partial charge in [0.05, 0.1) is 5.92 Å². The highest BCUT2D eigenvalue weighted by atomic mass is 16.2. The number of nitrogens with one attached hydrogen (secondary N) is 1. The number of hydrogen-bond acceptors (Lipinski definition) is 2. The molecule has 2 unspecified atom stereocenters. The minimum absolute atomic E-state index is 0.112. The van der Waals surface area contributed by atoms with Crippen molar-refractivity contribution in [3.8, 4) is 0 Å². The number of carbonyl (C=O) groups excluding carboxylic acids is 1. The molecule has 108 valence electrons. The van der Waals surface area contributed by atoms with Crippen LogP contribution in [0.15, 0.2) is 30.3 Å². The average Bonchev–Trinajstić information content (AvgIpc) is 3.02. The molecular weight excluding hydrogens is 248 g/mol. The first-order chi connectivity index (χ1) is 9.69. The first-order valence-electron chi connectivity index (χ1n) is 7.74. The summed E-state index contributed by atoms with van der Waals surface area (Å²) in [5.41, 5.74) is 1.48. The normalized spacial score (nSPS) is 30.4. The number of nitrogens with zero attached hydrogens (tertiary/aromatic N) is 1. The predicted octanol–water partition coefficient (Wildman–Crippen LogP) is 2.18. The van der Waals surface area contributed by atoms with Gasteiger partial charge in [0.15, 0.2) is 0 Å². The fraction of sp³-hybridized carbons (Fsp3) is 0.588. The topological polar surface area (TPSA) is 32.3 Å². The van der Waals surface area contributed by atoms with E-state index in [9.17, 15) is 4.79 Å². The van der Waals surface area contributed by atoms with Crippen LogP contribution in [0.4, 0.5) is 0 Å². The molecule has 2 saturated heterocycles. The molecule has 1 amide bonds. The molecule has 2 heterocycles. The number of rotatable bonds is 2. The van der Waals surface area contributed by atoms with E-state index in [0.29, 0.717) is 5.91 Å². The number of piperidine rings is 1. The zero-order valence-electron chi connectivity index (χ0n) is 12.3. The molecule has 3 rings (SSSR count). The summed E-state index contributed by atoms with van der Waals surface area (Å²) in [4.78, 5) is 14.7. The van der Waals surface area contributed by atoms with Gasteiger partial charge < -0.3 is 10.2 Å². The Balaban J connectivity index is 1.74. The van der Waals surface area contributed by atoms with Crippen molar-refractivity contribution in [2.75, 3.05) is 26.2 Å². The van der Waals surface area contributed by atoms with Crippen molar-refractivity contribution in [3.63, 3.8) is 0 Å². The van der Waals surface area contributed by atoms with Crippen LogP contribution in [-0.2, 0) is 10.2 Å². The highest BCUT2D eigenvalue weighted by Gasteiger charge is 2.36. The highest BCUT2D eigenvalue weighted by Crippen LogP contribution is 2.34. The van der Waals surface area contributed by atoms with E-state index >= 15 is 0 Å². The zero-order chi connectivity index (χ0) is 14.0. The molecule has 20 heavy (non-hydrogen) atoms. The largest absolute Gasteiger partial charge is 0.342 e. The molecule has 0 aliphatic carbocycles. The Kier molecular flexibility index (Phi) is 3.79. The predicted molar refractivity (Wildman–Crippen MR) is 80.6 cm³/mol.